The molecule has 0 N–H and O–H groups in total. The number of benzene rings is 1. The second-order valence-corrected chi connectivity index (χ2v) is 3.98. The number of hydrogen-bond acceptors (Lipinski definition) is 5. The van der Waals surface area contributed by atoms with Gasteiger partial charge >= 0.3 is 5.97 Å². The second-order valence-electron chi connectivity index (χ2n) is 3.98. The minimum atomic E-state index is -0.457. The Morgan fingerprint density at radius 2 is 2.20 bits per heavy atom. The molecule has 2 rings (SSSR count). The quantitative estimate of drug-likeness (QED) is 0.484. The van der Waals surface area contributed by atoms with E-state index in [9.17, 15) is 14.4 Å². The first-order chi connectivity index (χ1) is 9.65. The molecule has 1 heterocycles. The molecule has 0 aliphatic rings. The van der Waals surface area contributed by atoms with Gasteiger partial charge in [-0.1, -0.05) is 6.07 Å². The van der Waals surface area contributed by atoms with Gasteiger partial charge in [-0.25, -0.2) is 4.79 Å². The van der Waals surface area contributed by atoms with Crippen LogP contribution in [0.2, 0.25) is 0 Å². The average molecular weight is 272 g/mol. The maximum absolute atomic E-state index is 11.9. The molecule has 0 spiro atoms. The molecule has 102 valence electrons. The molecule has 0 atom stereocenters. The fourth-order valence-electron chi connectivity index (χ4n) is 1.70. The standard InChI is InChI=1S/C15H12O5/c1-2-19-14(17)6-4-10-3-5-13-12(7-10)15(18)11(8-16)9-20-13/h3-9H,2H2,1H3. The molecule has 1 aromatic heterocycles. The number of aldehydes is 1. The summed E-state index contributed by atoms with van der Waals surface area (Å²) in [6, 6.07) is 4.86. The van der Waals surface area contributed by atoms with E-state index in [1.807, 2.05) is 0 Å². The molecule has 5 heteroatoms. The van der Waals surface area contributed by atoms with Crippen molar-refractivity contribution in [1.29, 1.82) is 0 Å². The van der Waals surface area contributed by atoms with Crippen molar-refractivity contribution in [2.75, 3.05) is 6.61 Å². The third-order valence-corrected chi connectivity index (χ3v) is 2.65. The van der Waals surface area contributed by atoms with Crippen molar-refractivity contribution in [3.8, 4) is 0 Å². The van der Waals surface area contributed by atoms with Crippen LogP contribution in [0, 0.1) is 0 Å². The Balaban J connectivity index is 2.42. The highest BCUT2D eigenvalue weighted by Gasteiger charge is 2.06. The summed E-state index contributed by atoms with van der Waals surface area (Å²) in [6.45, 7) is 2.01. The van der Waals surface area contributed by atoms with E-state index in [1.54, 1.807) is 25.1 Å². The van der Waals surface area contributed by atoms with Gasteiger partial charge in [-0.15, -0.1) is 0 Å². The molecular formula is C15H12O5. The lowest BCUT2D eigenvalue weighted by Gasteiger charge is -1.99. The van der Waals surface area contributed by atoms with Crippen LogP contribution in [-0.2, 0) is 9.53 Å². The maximum Gasteiger partial charge on any atom is 0.330 e. The predicted molar refractivity (Wildman–Crippen MR) is 73.5 cm³/mol. The SMILES string of the molecule is CCOC(=O)C=Cc1ccc2occ(C=O)c(=O)c2c1. The minimum absolute atomic E-state index is 0.0379. The summed E-state index contributed by atoms with van der Waals surface area (Å²) in [4.78, 5) is 33.9. The molecule has 1 aromatic carbocycles. The Morgan fingerprint density at radius 3 is 2.90 bits per heavy atom. The topological polar surface area (TPSA) is 73.6 Å². The Hall–Kier alpha value is -2.69. The van der Waals surface area contributed by atoms with Gasteiger partial charge in [0, 0.05) is 6.08 Å². The molecule has 20 heavy (non-hydrogen) atoms. The summed E-state index contributed by atoms with van der Waals surface area (Å²) in [6.07, 6.45) is 4.39. The lowest BCUT2D eigenvalue weighted by molar-refractivity contribution is -0.137. The number of hydrogen-bond donors (Lipinski definition) is 0. The van der Waals surface area contributed by atoms with Gasteiger partial charge in [0.1, 0.15) is 11.8 Å². The van der Waals surface area contributed by atoms with E-state index in [4.69, 9.17) is 9.15 Å². The van der Waals surface area contributed by atoms with Gasteiger partial charge in [0.05, 0.1) is 17.6 Å². The first-order valence-electron chi connectivity index (χ1n) is 6.01. The van der Waals surface area contributed by atoms with Crippen LogP contribution in [-0.4, -0.2) is 18.9 Å². The highest BCUT2D eigenvalue weighted by atomic mass is 16.5. The Bertz CT molecular complexity index is 740. The van der Waals surface area contributed by atoms with Crippen molar-refractivity contribution >= 4 is 29.3 Å². The molecule has 0 amide bonds. The lowest BCUT2D eigenvalue weighted by Crippen LogP contribution is -2.07. The lowest BCUT2D eigenvalue weighted by atomic mass is 10.1. The van der Waals surface area contributed by atoms with Crippen LogP contribution < -0.4 is 5.43 Å². The number of carbonyl (C=O) groups excluding carboxylic acids is 2. The molecule has 0 aliphatic carbocycles. The summed E-state index contributed by atoms with van der Waals surface area (Å²) < 4.78 is 9.95. The van der Waals surface area contributed by atoms with Crippen LogP contribution in [0.1, 0.15) is 22.8 Å². The minimum Gasteiger partial charge on any atom is -0.463 e. The zero-order valence-corrected chi connectivity index (χ0v) is 10.8. The molecule has 0 unspecified atom stereocenters. The normalized spacial score (nSPS) is 10.8. The van der Waals surface area contributed by atoms with Gasteiger partial charge < -0.3 is 9.15 Å². The Labute approximate surface area is 114 Å². The number of fused-ring (bicyclic) bond motifs is 1. The zero-order valence-electron chi connectivity index (χ0n) is 10.8. The fraction of sp³-hybridized carbons (Fsp3) is 0.133. The van der Waals surface area contributed by atoms with Crippen LogP contribution in [0.5, 0.6) is 0 Å². The van der Waals surface area contributed by atoms with Gasteiger partial charge in [-0.05, 0) is 30.7 Å². The smallest absolute Gasteiger partial charge is 0.330 e. The van der Waals surface area contributed by atoms with Crippen molar-refractivity contribution in [3.05, 3.63) is 51.9 Å². The van der Waals surface area contributed by atoms with Crippen molar-refractivity contribution < 1.29 is 18.7 Å². The van der Waals surface area contributed by atoms with Crippen LogP contribution in [0.3, 0.4) is 0 Å². The van der Waals surface area contributed by atoms with Gasteiger partial charge in [-0.3, -0.25) is 9.59 Å². The zero-order chi connectivity index (χ0) is 14.5. The molecule has 0 saturated heterocycles. The monoisotopic (exact) mass is 272 g/mol. The number of ether oxygens (including phenoxy) is 1. The van der Waals surface area contributed by atoms with E-state index >= 15 is 0 Å². The van der Waals surface area contributed by atoms with Gasteiger partial charge in [0.2, 0.25) is 5.43 Å². The van der Waals surface area contributed by atoms with Crippen molar-refractivity contribution in [2.45, 2.75) is 6.92 Å². The van der Waals surface area contributed by atoms with Crippen molar-refractivity contribution in [1.82, 2.24) is 0 Å². The van der Waals surface area contributed by atoms with E-state index in [-0.39, 0.29) is 5.56 Å². The number of rotatable bonds is 4. The maximum atomic E-state index is 11.9. The van der Waals surface area contributed by atoms with E-state index in [0.717, 1.165) is 6.26 Å². The molecular weight excluding hydrogens is 260 g/mol. The van der Waals surface area contributed by atoms with E-state index in [1.165, 1.54) is 12.2 Å². The molecule has 0 bridgehead atoms. The first kappa shape index (κ1) is 13.7. The predicted octanol–water partition coefficient (Wildman–Crippen LogP) is 2.18. The Morgan fingerprint density at radius 1 is 1.40 bits per heavy atom. The third-order valence-electron chi connectivity index (χ3n) is 2.65. The summed E-state index contributed by atoms with van der Waals surface area (Å²) >= 11 is 0. The number of carbonyl (C=O) groups is 2. The van der Waals surface area contributed by atoms with E-state index < -0.39 is 11.4 Å². The highest BCUT2D eigenvalue weighted by molar-refractivity contribution is 5.89. The summed E-state index contributed by atoms with van der Waals surface area (Å²) in [5.74, 6) is -0.457. The van der Waals surface area contributed by atoms with E-state index in [0.29, 0.717) is 29.4 Å². The fourth-order valence-corrected chi connectivity index (χ4v) is 1.70. The molecule has 0 aliphatic heterocycles. The van der Waals surface area contributed by atoms with Gasteiger partial charge in [-0.2, -0.15) is 0 Å². The van der Waals surface area contributed by atoms with Crippen LogP contribution >= 0.6 is 0 Å². The highest BCUT2D eigenvalue weighted by Crippen LogP contribution is 2.14. The van der Waals surface area contributed by atoms with Crippen molar-refractivity contribution in [2.24, 2.45) is 0 Å². The van der Waals surface area contributed by atoms with E-state index in [2.05, 4.69) is 0 Å². The molecule has 2 aromatic rings. The average Bonchev–Trinajstić information content (AvgIpc) is 2.46. The number of esters is 1. The third kappa shape index (κ3) is 2.83. The summed E-state index contributed by atoms with van der Waals surface area (Å²) in [7, 11) is 0. The van der Waals surface area contributed by atoms with Gasteiger partial charge in [0.25, 0.3) is 0 Å². The second kappa shape index (κ2) is 5.97. The Kier molecular flexibility index (Phi) is 4.10. The summed E-state index contributed by atoms with van der Waals surface area (Å²) in [5, 5.41) is 0.292. The van der Waals surface area contributed by atoms with Crippen LogP contribution in [0.4, 0.5) is 0 Å². The molecule has 0 saturated carbocycles. The van der Waals surface area contributed by atoms with Crippen molar-refractivity contribution in [3.63, 3.8) is 0 Å². The van der Waals surface area contributed by atoms with Gasteiger partial charge in [0.15, 0.2) is 6.29 Å². The summed E-state index contributed by atoms with van der Waals surface area (Å²) in [5.41, 5.74) is 0.589. The molecule has 0 radical (unpaired) electrons. The van der Waals surface area contributed by atoms with Crippen LogP contribution in [0.25, 0.3) is 17.0 Å². The molecule has 0 fully saturated rings. The molecule has 5 nitrogen and oxygen atoms in total. The first-order valence-corrected chi connectivity index (χ1v) is 6.01. The van der Waals surface area contributed by atoms with Crippen LogP contribution in [0.15, 0.2) is 39.7 Å². The largest absolute Gasteiger partial charge is 0.463 e.